The molecule has 0 aromatic heterocycles. The van der Waals surface area contributed by atoms with Crippen LogP contribution in [0.3, 0.4) is 0 Å². The van der Waals surface area contributed by atoms with Gasteiger partial charge in [0.25, 0.3) is 0 Å². The third-order valence-corrected chi connectivity index (χ3v) is 5.35. The molecule has 0 N–H and O–H groups in total. The summed E-state index contributed by atoms with van der Waals surface area (Å²) in [6, 6.07) is 9.68. The Bertz CT molecular complexity index is 614. The average molecular weight is 325 g/mol. The molecule has 0 saturated carbocycles. The van der Waals surface area contributed by atoms with Crippen molar-refractivity contribution >= 4 is 16.0 Å². The maximum atomic E-state index is 12.6. The standard InChI is InChI=1S/C16H23NO4S/c1-3-21-15(18)16(12-14-8-5-4-6-9-14)10-7-11-17(13-16)22(2,19)20/h4-6,8-9H,3,7,10-13H2,1-2H3. The topological polar surface area (TPSA) is 63.7 Å². The van der Waals surface area contributed by atoms with Gasteiger partial charge in [-0.25, -0.2) is 12.7 Å². The summed E-state index contributed by atoms with van der Waals surface area (Å²) in [6.07, 6.45) is 3.00. The quantitative estimate of drug-likeness (QED) is 0.775. The van der Waals surface area contributed by atoms with Crippen LogP contribution in [-0.2, 0) is 26.0 Å². The Kier molecular flexibility index (Phi) is 5.24. The minimum atomic E-state index is -3.31. The van der Waals surface area contributed by atoms with Gasteiger partial charge in [0.1, 0.15) is 0 Å². The highest BCUT2D eigenvalue weighted by atomic mass is 32.2. The summed E-state index contributed by atoms with van der Waals surface area (Å²) < 4.78 is 30.4. The first-order valence-electron chi connectivity index (χ1n) is 7.54. The molecule has 1 fully saturated rings. The van der Waals surface area contributed by atoms with Gasteiger partial charge in [-0.3, -0.25) is 4.79 Å². The van der Waals surface area contributed by atoms with Gasteiger partial charge in [0.05, 0.1) is 18.3 Å². The van der Waals surface area contributed by atoms with E-state index in [9.17, 15) is 13.2 Å². The normalized spacial score (nSPS) is 23.2. The molecule has 122 valence electrons. The second-order valence-electron chi connectivity index (χ2n) is 5.86. The van der Waals surface area contributed by atoms with Crippen LogP contribution in [0.4, 0.5) is 0 Å². The summed E-state index contributed by atoms with van der Waals surface area (Å²) in [7, 11) is -3.31. The van der Waals surface area contributed by atoms with Crippen molar-refractivity contribution in [2.24, 2.45) is 5.41 Å². The van der Waals surface area contributed by atoms with Crippen LogP contribution in [0.1, 0.15) is 25.3 Å². The van der Waals surface area contributed by atoms with E-state index < -0.39 is 15.4 Å². The first-order valence-corrected chi connectivity index (χ1v) is 9.38. The fraction of sp³-hybridized carbons (Fsp3) is 0.562. The maximum Gasteiger partial charge on any atom is 0.313 e. The maximum absolute atomic E-state index is 12.6. The SMILES string of the molecule is CCOC(=O)C1(Cc2ccccc2)CCCN(S(C)(=O)=O)C1. The molecule has 0 aliphatic carbocycles. The molecule has 6 heteroatoms. The van der Waals surface area contributed by atoms with Crippen LogP contribution in [0.25, 0.3) is 0 Å². The number of ether oxygens (including phenoxy) is 1. The number of benzene rings is 1. The first-order chi connectivity index (χ1) is 10.4. The van der Waals surface area contributed by atoms with Crippen LogP contribution in [0.15, 0.2) is 30.3 Å². The molecule has 1 aliphatic heterocycles. The first kappa shape index (κ1) is 17.0. The average Bonchev–Trinajstić information content (AvgIpc) is 2.48. The molecule has 1 heterocycles. The molecule has 5 nitrogen and oxygen atoms in total. The lowest BCUT2D eigenvalue weighted by atomic mass is 9.75. The fourth-order valence-electron chi connectivity index (χ4n) is 3.03. The number of sulfonamides is 1. The van der Waals surface area contributed by atoms with Crippen molar-refractivity contribution in [3.05, 3.63) is 35.9 Å². The Hall–Kier alpha value is -1.40. The Balaban J connectivity index is 2.31. The predicted molar refractivity (Wildman–Crippen MR) is 84.9 cm³/mol. The van der Waals surface area contributed by atoms with Crippen molar-refractivity contribution in [2.75, 3.05) is 26.0 Å². The van der Waals surface area contributed by atoms with E-state index in [1.165, 1.54) is 10.6 Å². The lowest BCUT2D eigenvalue weighted by molar-refractivity contribution is -0.157. The fourth-order valence-corrected chi connectivity index (χ4v) is 3.97. The van der Waals surface area contributed by atoms with Crippen LogP contribution in [0.5, 0.6) is 0 Å². The Labute approximate surface area is 132 Å². The van der Waals surface area contributed by atoms with E-state index >= 15 is 0 Å². The van der Waals surface area contributed by atoms with Crippen molar-refractivity contribution in [2.45, 2.75) is 26.2 Å². The van der Waals surface area contributed by atoms with Crippen molar-refractivity contribution in [1.29, 1.82) is 0 Å². The van der Waals surface area contributed by atoms with Gasteiger partial charge in [-0.05, 0) is 31.7 Å². The highest BCUT2D eigenvalue weighted by molar-refractivity contribution is 7.88. The summed E-state index contributed by atoms with van der Waals surface area (Å²) in [5, 5.41) is 0. The van der Waals surface area contributed by atoms with Gasteiger partial charge in [0, 0.05) is 13.1 Å². The molecule has 0 spiro atoms. The van der Waals surface area contributed by atoms with Gasteiger partial charge in [0.2, 0.25) is 10.0 Å². The summed E-state index contributed by atoms with van der Waals surface area (Å²) >= 11 is 0. The number of nitrogens with zero attached hydrogens (tertiary/aromatic N) is 1. The molecule has 1 saturated heterocycles. The zero-order valence-corrected chi connectivity index (χ0v) is 13.9. The Morgan fingerprint density at radius 1 is 1.32 bits per heavy atom. The number of piperidine rings is 1. The highest BCUT2D eigenvalue weighted by Crippen LogP contribution is 2.36. The molecule has 0 radical (unpaired) electrons. The van der Waals surface area contributed by atoms with E-state index in [0.29, 0.717) is 32.4 Å². The number of esters is 1. The molecule has 1 aromatic carbocycles. The summed E-state index contributed by atoms with van der Waals surface area (Å²) in [5.74, 6) is -0.299. The highest BCUT2D eigenvalue weighted by Gasteiger charge is 2.45. The Morgan fingerprint density at radius 2 is 2.00 bits per heavy atom. The number of carbonyl (C=O) groups is 1. The van der Waals surface area contributed by atoms with Gasteiger partial charge >= 0.3 is 5.97 Å². The van der Waals surface area contributed by atoms with Crippen LogP contribution in [0, 0.1) is 5.41 Å². The number of rotatable bonds is 5. The zero-order chi connectivity index (χ0) is 16.2. The van der Waals surface area contributed by atoms with E-state index in [-0.39, 0.29) is 12.5 Å². The summed E-state index contributed by atoms with van der Waals surface area (Å²) in [4.78, 5) is 12.6. The van der Waals surface area contributed by atoms with Crippen molar-refractivity contribution in [3.63, 3.8) is 0 Å². The summed E-state index contributed by atoms with van der Waals surface area (Å²) in [6.45, 7) is 2.73. The Morgan fingerprint density at radius 3 is 2.59 bits per heavy atom. The van der Waals surface area contributed by atoms with Crippen molar-refractivity contribution in [1.82, 2.24) is 4.31 Å². The predicted octanol–water partition coefficient (Wildman–Crippen LogP) is 1.83. The van der Waals surface area contributed by atoms with Crippen LogP contribution < -0.4 is 0 Å². The molecule has 22 heavy (non-hydrogen) atoms. The number of hydrogen-bond donors (Lipinski definition) is 0. The van der Waals surface area contributed by atoms with E-state index in [1.54, 1.807) is 6.92 Å². The number of hydrogen-bond acceptors (Lipinski definition) is 4. The van der Waals surface area contributed by atoms with Gasteiger partial charge < -0.3 is 4.74 Å². The zero-order valence-electron chi connectivity index (χ0n) is 13.1. The smallest absolute Gasteiger partial charge is 0.313 e. The molecular weight excluding hydrogens is 302 g/mol. The van der Waals surface area contributed by atoms with E-state index in [2.05, 4.69) is 0 Å². The molecular formula is C16H23NO4S. The van der Waals surface area contributed by atoms with E-state index in [4.69, 9.17) is 4.74 Å². The third-order valence-electron chi connectivity index (χ3n) is 4.10. The minimum absolute atomic E-state index is 0.194. The van der Waals surface area contributed by atoms with Crippen LogP contribution >= 0.6 is 0 Å². The minimum Gasteiger partial charge on any atom is -0.466 e. The van der Waals surface area contributed by atoms with Crippen LogP contribution in [0.2, 0.25) is 0 Å². The second kappa shape index (κ2) is 6.79. The molecule has 1 aromatic rings. The van der Waals surface area contributed by atoms with E-state index in [1.807, 2.05) is 30.3 Å². The van der Waals surface area contributed by atoms with Crippen LogP contribution in [-0.4, -0.2) is 44.6 Å². The monoisotopic (exact) mass is 325 g/mol. The summed E-state index contributed by atoms with van der Waals surface area (Å²) in [5.41, 5.74) is 0.226. The molecule has 2 rings (SSSR count). The molecule has 1 atom stereocenters. The van der Waals surface area contributed by atoms with Crippen molar-refractivity contribution < 1.29 is 17.9 Å². The largest absolute Gasteiger partial charge is 0.466 e. The molecule has 1 aliphatic rings. The lowest BCUT2D eigenvalue weighted by Crippen LogP contribution is -2.51. The molecule has 0 bridgehead atoms. The van der Waals surface area contributed by atoms with Gasteiger partial charge in [0.15, 0.2) is 0 Å². The second-order valence-corrected chi connectivity index (χ2v) is 7.85. The third kappa shape index (κ3) is 3.87. The molecule has 1 unspecified atom stereocenters. The van der Waals surface area contributed by atoms with Crippen molar-refractivity contribution in [3.8, 4) is 0 Å². The number of carbonyl (C=O) groups excluding carboxylic acids is 1. The van der Waals surface area contributed by atoms with Gasteiger partial charge in [-0.2, -0.15) is 0 Å². The van der Waals surface area contributed by atoms with Gasteiger partial charge in [-0.1, -0.05) is 30.3 Å². The lowest BCUT2D eigenvalue weighted by Gasteiger charge is -2.39. The molecule has 0 amide bonds. The van der Waals surface area contributed by atoms with Gasteiger partial charge in [-0.15, -0.1) is 0 Å². The van der Waals surface area contributed by atoms with E-state index in [0.717, 1.165) is 5.56 Å².